The SMILES string of the molecule is CCNCc1ccc(OCC2CCC2)c(F)c1. The Kier molecular flexibility index (Phi) is 4.37. The second-order valence-corrected chi connectivity index (χ2v) is 4.65. The van der Waals surface area contributed by atoms with Crippen molar-refractivity contribution < 1.29 is 9.13 Å². The van der Waals surface area contributed by atoms with E-state index in [-0.39, 0.29) is 5.82 Å². The molecular weight excluding hydrogens is 217 g/mol. The molecule has 0 heterocycles. The molecule has 0 amide bonds. The first-order chi connectivity index (χ1) is 8.29. The van der Waals surface area contributed by atoms with E-state index in [1.165, 1.54) is 19.3 Å². The molecule has 1 aliphatic rings. The van der Waals surface area contributed by atoms with Crippen molar-refractivity contribution in [2.24, 2.45) is 5.92 Å². The second-order valence-electron chi connectivity index (χ2n) is 4.65. The molecule has 1 aromatic carbocycles. The molecule has 1 saturated carbocycles. The predicted molar refractivity (Wildman–Crippen MR) is 66.6 cm³/mol. The molecule has 0 aromatic heterocycles. The molecule has 94 valence electrons. The van der Waals surface area contributed by atoms with Crippen LogP contribution >= 0.6 is 0 Å². The Hall–Kier alpha value is -1.09. The standard InChI is InChI=1S/C14H20FNO/c1-2-16-9-12-6-7-14(13(15)8-12)17-10-11-4-3-5-11/h6-8,11,16H,2-5,9-10H2,1H3. The van der Waals surface area contributed by atoms with E-state index in [1.54, 1.807) is 12.1 Å². The maximum absolute atomic E-state index is 13.7. The summed E-state index contributed by atoms with van der Waals surface area (Å²) in [6.45, 7) is 4.29. The van der Waals surface area contributed by atoms with Gasteiger partial charge in [-0.15, -0.1) is 0 Å². The fourth-order valence-electron chi connectivity index (χ4n) is 1.91. The van der Waals surface area contributed by atoms with Gasteiger partial charge in [-0.1, -0.05) is 19.4 Å². The summed E-state index contributed by atoms with van der Waals surface area (Å²) < 4.78 is 19.2. The summed E-state index contributed by atoms with van der Waals surface area (Å²) in [6.07, 6.45) is 3.73. The summed E-state index contributed by atoms with van der Waals surface area (Å²) in [7, 11) is 0. The highest BCUT2D eigenvalue weighted by molar-refractivity contribution is 5.29. The fraction of sp³-hybridized carbons (Fsp3) is 0.571. The lowest BCUT2D eigenvalue weighted by molar-refractivity contribution is 0.175. The van der Waals surface area contributed by atoms with Crippen molar-refractivity contribution in [1.82, 2.24) is 5.32 Å². The number of nitrogens with one attached hydrogen (secondary N) is 1. The van der Waals surface area contributed by atoms with Crippen molar-refractivity contribution in [1.29, 1.82) is 0 Å². The highest BCUT2D eigenvalue weighted by Gasteiger charge is 2.18. The highest BCUT2D eigenvalue weighted by Crippen LogP contribution is 2.28. The van der Waals surface area contributed by atoms with Crippen LogP contribution in [0.5, 0.6) is 5.75 Å². The fourth-order valence-corrected chi connectivity index (χ4v) is 1.91. The van der Waals surface area contributed by atoms with Gasteiger partial charge in [0, 0.05) is 6.54 Å². The van der Waals surface area contributed by atoms with E-state index in [0.717, 1.165) is 12.1 Å². The predicted octanol–water partition coefficient (Wildman–Crippen LogP) is 3.11. The van der Waals surface area contributed by atoms with Crippen molar-refractivity contribution >= 4 is 0 Å². The van der Waals surface area contributed by atoms with Crippen LogP contribution in [0.15, 0.2) is 18.2 Å². The van der Waals surface area contributed by atoms with Crippen LogP contribution in [0.25, 0.3) is 0 Å². The topological polar surface area (TPSA) is 21.3 Å². The van der Waals surface area contributed by atoms with E-state index < -0.39 is 0 Å². The molecule has 0 bridgehead atoms. The number of rotatable bonds is 6. The Morgan fingerprint density at radius 2 is 2.24 bits per heavy atom. The molecule has 3 heteroatoms. The first-order valence-electron chi connectivity index (χ1n) is 6.41. The minimum absolute atomic E-state index is 0.250. The zero-order chi connectivity index (χ0) is 12.1. The molecular formula is C14H20FNO. The van der Waals surface area contributed by atoms with Gasteiger partial charge in [0.05, 0.1) is 6.61 Å². The molecule has 1 fully saturated rings. The summed E-state index contributed by atoms with van der Waals surface area (Å²) >= 11 is 0. The highest BCUT2D eigenvalue weighted by atomic mass is 19.1. The van der Waals surface area contributed by atoms with Crippen LogP contribution in [0, 0.1) is 11.7 Å². The van der Waals surface area contributed by atoms with Crippen molar-refractivity contribution in [2.45, 2.75) is 32.7 Å². The maximum atomic E-state index is 13.7. The molecule has 0 atom stereocenters. The van der Waals surface area contributed by atoms with Crippen LogP contribution in [-0.4, -0.2) is 13.2 Å². The summed E-state index contributed by atoms with van der Waals surface area (Å²) in [4.78, 5) is 0. The third-order valence-electron chi connectivity index (χ3n) is 3.27. The molecule has 0 unspecified atom stereocenters. The number of hydrogen-bond donors (Lipinski definition) is 1. The van der Waals surface area contributed by atoms with Gasteiger partial charge in [-0.05, 0) is 43.0 Å². The Balaban J connectivity index is 1.88. The van der Waals surface area contributed by atoms with E-state index in [2.05, 4.69) is 5.32 Å². The normalized spacial score (nSPS) is 15.6. The van der Waals surface area contributed by atoms with Crippen molar-refractivity contribution in [3.63, 3.8) is 0 Å². The van der Waals surface area contributed by atoms with E-state index in [0.29, 0.717) is 24.8 Å². The van der Waals surface area contributed by atoms with Gasteiger partial charge >= 0.3 is 0 Å². The van der Waals surface area contributed by atoms with Gasteiger partial charge in [-0.2, -0.15) is 0 Å². The van der Waals surface area contributed by atoms with Crippen LogP contribution in [0.1, 0.15) is 31.7 Å². The average Bonchev–Trinajstić information content (AvgIpc) is 2.27. The number of halogens is 1. The van der Waals surface area contributed by atoms with Gasteiger partial charge in [0.15, 0.2) is 11.6 Å². The molecule has 0 saturated heterocycles. The minimum Gasteiger partial charge on any atom is -0.490 e. The minimum atomic E-state index is -0.250. The van der Waals surface area contributed by atoms with Crippen LogP contribution < -0.4 is 10.1 Å². The van der Waals surface area contributed by atoms with Gasteiger partial charge in [0.2, 0.25) is 0 Å². The van der Waals surface area contributed by atoms with Crippen LogP contribution in [0.2, 0.25) is 0 Å². The van der Waals surface area contributed by atoms with Crippen molar-refractivity contribution in [3.05, 3.63) is 29.6 Å². The second kappa shape index (κ2) is 6.01. The molecule has 1 N–H and O–H groups in total. The van der Waals surface area contributed by atoms with E-state index in [9.17, 15) is 4.39 Å². The Morgan fingerprint density at radius 1 is 1.41 bits per heavy atom. The lowest BCUT2D eigenvalue weighted by Gasteiger charge is -2.25. The molecule has 2 rings (SSSR count). The van der Waals surface area contributed by atoms with Gasteiger partial charge in [-0.3, -0.25) is 0 Å². The molecule has 0 spiro atoms. The average molecular weight is 237 g/mol. The largest absolute Gasteiger partial charge is 0.490 e. The Labute approximate surface area is 102 Å². The zero-order valence-electron chi connectivity index (χ0n) is 10.3. The van der Waals surface area contributed by atoms with Gasteiger partial charge in [-0.25, -0.2) is 4.39 Å². The van der Waals surface area contributed by atoms with E-state index >= 15 is 0 Å². The third kappa shape index (κ3) is 3.43. The molecule has 0 aliphatic heterocycles. The van der Waals surface area contributed by atoms with Crippen LogP contribution in [0.3, 0.4) is 0 Å². The zero-order valence-corrected chi connectivity index (χ0v) is 10.3. The van der Waals surface area contributed by atoms with Gasteiger partial charge < -0.3 is 10.1 Å². The van der Waals surface area contributed by atoms with Crippen LogP contribution in [0.4, 0.5) is 4.39 Å². The summed E-state index contributed by atoms with van der Waals surface area (Å²) in [5.41, 5.74) is 0.959. The first-order valence-corrected chi connectivity index (χ1v) is 6.41. The third-order valence-corrected chi connectivity index (χ3v) is 3.27. The van der Waals surface area contributed by atoms with Gasteiger partial charge in [0.25, 0.3) is 0 Å². The van der Waals surface area contributed by atoms with Gasteiger partial charge in [0.1, 0.15) is 0 Å². The number of benzene rings is 1. The van der Waals surface area contributed by atoms with E-state index in [1.807, 2.05) is 13.0 Å². The maximum Gasteiger partial charge on any atom is 0.165 e. The molecule has 1 aromatic rings. The monoisotopic (exact) mass is 237 g/mol. The molecule has 0 radical (unpaired) electrons. The van der Waals surface area contributed by atoms with Crippen LogP contribution in [-0.2, 0) is 6.54 Å². The molecule has 2 nitrogen and oxygen atoms in total. The number of hydrogen-bond acceptors (Lipinski definition) is 2. The molecule has 1 aliphatic carbocycles. The van der Waals surface area contributed by atoms with E-state index in [4.69, 9.17) is 4.74 Å². The summed E-state index contributed by atoms with van der Waals surface area (Å²) in [6, 6.07) is 5.21. The lowest BCUT2D eigenvalue weighted by Crippen LogP contribution is -2.19. The Bertz CT molecular complexity index is 363. The summed E-state index contributed by atoms with van der Waals surface area (Å²) in [5, 5.41) is 3.17. The van der Waals surface area contributed by atoms with Crippen molar-refractivity contribution in [2.75, 3.05) is 13.2 Å². The van der Waals surface area contributed by atoms with Crippen molar-refractivity contribution in [3.8, 4) is 5.75 Å². The lowest BCUT2D eigenvalue weighted by atomic mass is 9.86. The molecule has 17 heavy (non-hydrogen) atoms. The Morgan fingerprint density at radius 3 is 2.82 bits per heavy atom. The quantitative estimate of drug-likeness (QED) is 0.820. The smallest absolute Gasteiger partial charge is 0.165 e. The first kappa shape index (κ1) is 12.4. The summed E-state index contributed by atoms with van der Waals surface area (Å²) in [5.74, 6) is 0.771. The number of ether oxygens (including phenoxy) is 1.